The molecule has 1 fully saturated rings. The summed E-state index contributed by atoms with van der Waals surface area (Å²) in [5.41, 5.74) is 2.35. The molecule has 5 heteroatoms. The van der Waals surface area contributed by atoms with Crippen molar-refractivity contribution in [2.24, 2.45) is 0 Å². The van der Waals surface area contributed by atoms with Crippen molar-refractivity contribution in [3.05, 3.63) is 70.2 Å². The topological polar surface area (TPSA) is 29.5 Å². The van der Waals surface area contributed by atoms with E-state index in [1.807, 2.05) is 36.4 Å². The molecule has 132 valence electrons. The first-order chi connectivity index (χ1) is 12.2. The third-order valence-corrected chi connectivity index (χ3v) is 5.55. The van der Waals surface area contributed by atoms with Crippen LogP contribution >= 0.6 is 27.5 Å². The van der Waals surface area contributed by atoms with Gasteiger partial charge < -0.3 is 4.74 Å². The highest BCUT2D eigenvalue weighted by Crippen LogP contribution is 2.32. The van der Waals surface area contributed by atoms with E-state index in [2.05, 4.69) is 39.0 Å². The van der Waals surface area contributed by atoms with Crippen molar-refractivity contribution < 1.29 is 9.53 Å². The molecule has 3 rings (SSSR count). The Balaban J connectivity index is 1.78. The van der Waals surface area contributed by atoms with Crippen molar-refractivity contribution in [1.82, 2.24) is 4.90 Å². The van der Waals surface area contributed by atoms with Gasteiger partial charge in [0.1, 0.15) is 0 Å². The van der Waals surface area contributed by atoms with Gasteiger partial charge in [0.15, 0.2) is 12.5 Å². The Morgan fingerprint density at radius 2 is 1.92 bits per heavy atom. The number of hydrogen-bond acceptors (Lipinski definition) is 3. The maximum absolute atomic E-state index is 11.6. The van der Waals surface area contributed by atoms with Crippen molar-refractivity contribution in [3.8, 4) is 0 Å². The van der Waals surface area contributed by atoms with E-state index in [0.29, 0.717) is 12.4 Å². The molecule has 1 heterocycles. The van der Waals surface area contributed by atoms with Gasteiger partial charge in [-0.15, -0.1) is 11.6 Å². The number of carbonyl (C=O) groups excluding carboxylic acids is 1. The molecule has 3 atom stereocenters. The van der Waals surface area contributed by atoms with Gasteiger partial charge in [-0.2, -0.15) is 0 Å². The molecule has 2 aromatic rings. The fraction of sp³-hybridized carbons (Fsp3) is 0.350. The van der Waals surface area contributed by atoms with Gasteiger partial charge in [-0.3, -0.25) is 9.69 Å². The van der Waals surface area contributed by atoms with Crippen LogP contribution in [0.4, 0.5) is 0 Å². The smallest absolute Gasteiger partial charge is 0.168 e. The van der Waals surface area contributed by atoms with Crippen LogP contribution in [0, 0.1) is 0 Å². The highest BCUT2D eigenvalue weighted by atomic mass is 79.9. The summed E-state index contributed by atoms with van der Waals surface area (Å²) in [5.74, 6) is 0.538. The number of alkyl halides is 1. The Morgan fingerprint density at radius 3 is 2.60 bits per heavy atom. The zero-order valence-corrected chi connectivity index (χ0v) is 16.2. The van der Waals surface area contributed by atoms with Crippen molar-refractivity contribution in [1.29, 1.82) is 0 Å². The zero-order chi connectivity index (χ0) is 17.6. The van der Waals surface area contributed by atoms with Crippen LogP contribution in [0.5, 0.6) is 0 Å². The van der Waals surface area contributed by atoms with Gasteiger partial charge in [-0.25, -0.2) is 0 Å². The van der Waals surface area contributed by atoms with Crippen molar-refractivity contribution in [2.45, 2.75) is 31.2 Å². The summed E-state index contributed by atoms with van der Waals surface area (Å²) in [6.45, 7) is 0.710. The van der Waals surface area contributed by atoms with Gasteiger partial charge in [-0.05, 0) is 23.6 Å². The number of aldehydes is 1. The molecule has 0 aromatic heterocycles. The molecular weight excluding hydrogens is 402 g/mol. The summed E-state index contributed by atoms with van der Waals surface area (Å²) < 4.78 is 7.09. The summed E-state index contributed by atoms with van der Waals surface area (Å²) in [5, 5.41) is 0. The second kappa shape index (κ2) is 8.95. The molecule has 0 spiro atoms. The summed E-state index contributed by atoms with van der Waals surface area (Å²) >= 11 is 9.63. The maximum Gasteiger partial charge on any atom is 0.168 e. The van der Waals surface area contributed by atoms with Gasteiger partial charge in [0.25, 0.3) is 0 Å². The standard InChI is InChI=1S/C20H21BrClNO2/c21-18-9-5-4-8-16(18)12-17-13-23(20(14-24)25-17)19(10-11-22)15-6-2-1-3-7-15/h1-9,14,17,19-20H,10-13H2. The van der Waals surface area contributed by atoms with E-state index in [0.717, 1.165) is 23.6 Å². The average molecular weight is 423 g/mol. The summed E-state index contributed by atoms with van der Waals surface area (Å²) in [4.78, 5) is 13.7. The number of halogens is 2. The minimum atomic E-state index is -0.527. The summed E-state index contributed by atoms with van der Waals surface area (Å²) in [7, 11) is 0. The molecule has 0 radical (unpaired) electrons. The first-order valence-corrected chi connectivity index (χ1v) is 9.76. The first-order valence-electron chi connectivity index (χ1n) is 8.43. The number of carbonyl (C=O) groups is 1. The minimum absolute atomic E-state index is 0.0181. The van der Waals surface area contributed by atoms with Crippen molar-refractivity contribution >= 4 is 33.8 Å². The van der Waals surface area contributed by atoms with E-state index in [1.165, 1.54) is 11.1 Å². The van der Waals surface area contributed by atoms with Crippen LogP contribution in [0.3, 0.4) is 0 Å². The average Bonchev–Trinajstić information content (AvgIpc) is 3.05. The molecule has 25 heavy (non-hydrogen) atoms. The van der Waals surface area contributed by atoms with E-state index in [1.54, 1.807) is 0 Å². The van der Waals surface area contributed by atoms with Crippen molar-refractivity contribution in [2.75, 3.05) is 12.4 Å². The lowest BCUT2D eigenvalue weighted by molar-refractivity contribution is -0.125. The highest BCUT2D eigenvalue weighted by molar-refractivity contribution is 9.10. The Kier molecular flexibility index (Phi) is 6.65. The number of nitrogens with zero attached hydrogens (tertiary/aromatic N) is 1. The molecule has 1 aliphatic rings. The number of hydrogen-bond donors (Lipinski definition) is 0. The molecule has 0 amide bonds. The predicted molar refractivity (Wildman–Crippen MR) is 104 cm³/mol. The molecule has 1 aliphatic heterocycles. The van der Waals surface area contributed by atoms with Crippen LogP contribution in [0.1, 0.15) is 23.6 Å². The van der Waals surface area contributed by atoms with E-state index in [9.17, 15) is 4.79 Å². The molecule has 3 unspecified atom stereocenters. The number of benzene rings is 2. The van der Waals surface area contributed by atoms with Crippen molar-refractivity contribution in [3.63, 3.8) is 0 Å². The normalized spacial score (nSPS) is 22.0. The van der Waals surface area contributed by atoms with Gasteiger partial charge in [0.05, 0.1) is 6.10 Å². The molecule has 0 N–H and O–H groups in total. The maximum atomic E-state index is 11.6. The van der Waals surface area contributed by atoms with Crippen LogP contribution in [0.15, 0.2) is 59.1 Å². The zero-order valence-electron chi connectivity index (χ0n) is 13.9. The predicted octanol–water partition coefficient (Wildman–Crippen LogP) is 4.59. The molecule has 3 nitrogen and oxygen atoms in total. The lowest BCUT2D eigenvalue weighted by Gasteiger charge is -2.29. The van der Waals surface area contributed by atoms with E-state index in [4.69, 9.17) is 16.3 Å². The minimum Gasteiger partial charge on any atom is -0.351 e. The Hall–Kier alpha value is -1.20. The Labute approximate surface area is 162 Å². The second-order valence-electron chi connectivity index (χ2n) is 6.18. The largest absolute Gasteiger partial charge is 0.351 e. The Bertz CT molecular complexity index is 697. The first kappa shape index (κ1) is 18.6. The fourth-order valence-corrected chi connectivity index (χ4v) is 4.05. The summed E-state index contributed by atoms with van der Waals surface area (Å²) in [6.07, 6.45) is 1.90. The molecule has 0 saturated carbocycles. The lowest BCUT2D eigenvalue weighted by atomic mass is 10.0. The third-order valence-electron chi connectivity index (χ3n) is 4.56. The SMILES string of the molecule is O=CC1OC(Cc2ccccc2Br)CN1C(CCCl)c1ccccc1. The third kappa shape index (κ3) is 4.50. The highest BCUT2D eigenvalue weighted by Gasteiger charge is 2.37. The van der Waals surface area contributed by atoms with E-state index in [-0.39, 0.29) is 12.1 Å². The van der Waals surface area contributed by atoms with Crippen LogP contribution in [-0.4, -0.2) is 35.9 Å². The number of rotatable bonds is 7. The Morgan fingerprint density at radius 1 is 1.20 bits per heavy atom. The molecule has 1 saturated heterocycles. The van der Waals surface area contributed by atoms with Crippen LogP contribution in [-0.2, 0) is 16.0 Å². The molecule has 0 bridgehead atoms. The monoisotopic (exact) mass is 421 g/mol. The number of ether oxygens (including phenoxy) is 1. The van der Waals surface area contributed by atoms with Gasteiger partial charge >= 0.3 is 0 Å². The quantitative estimate of drug-likeness (QED) is 0.483. The summed E-state index contributed by atoms with van der Waals surface area (Å²) in [6, 6.07) is 18.4. The lowest BCUT2D eigenvalue weighted by Crippen LogP contribution is -2.35. The van der Waals surface area contributed by atoms with Gasteiger partial charge in [0, 0.05) is 29.4 Å². The van der Waals surface area contributed by atoms with E-state index >= 15 is 0 Å². The molecular formula is C20H21BrClNO2. The fourth-order valence-electron chi connectivity index (χ4n) is 3.40. The van der Waals surface area contributed by atoms with Gasteiger partial charge in [-0.1, -0.05) is 64.5 Å². The van der Waals surface area contributed by atoms with Gasteiger partial charge in [0.2, 0.25) is 0 Å². The van der Waals surface area contributed by atoms with Crippen LogP contribution < -0.4 is 0 Å². The molecule has 0 aliphatic carbocycles. The van der Waals surface area contributed by atoms with Crippen LogP contribution in [0.2, 0.25) is 0 Å². The van der Waals surface area contributed by atoms with E-state index < -0.39 is 6.23 Å². The van der Waals surface area contributed by atoms with Crippen LogP contribution in [0.25, 0.3) is 0 Å². The second-order valence-corrected chi connectivity index (χ2v) is 7.41. The molecule has 2 aromatic carbocycles.